The summed E-state index contributed by atoms with van der Waals surface area (Å²) in [5.41, 5.74) is 2.57. The summed E-state index contributed by atoms with van der Waals surface area (Å²) in [7, 11) is 0. The molecular weight excluding hydrogens is 630 g/mol. The zero-order valence-electron chi connectivity index (χ0n) is 28.6. The summed E-state index contributed by atoms with van der Waals surface area (Å²) >= 11 is 0. The predicted octanol–water partition coefficient (Wildman–Crippen LogP) is 5.19. The molecule has 3 atom stereocenters. The number of amides is 3. The number of anilines is 1. The molecule has 11 heteroatoms. The predicted molar refractivity (Wildman–Crippen MR) is 186 cm³/mol. The lowest BCUT2D eigenvalue weighted by atomic mass is 9.98. The molecule has 1 aliphatic heterocycles. The van der Waals surface area contributed by atoms with Gasteiger partial charge in [0.2, 0.25) is 0 Å². The number of likely N-dealkylation sites (tertiary alicyclic amines) is 1. The molecule has 9 nitrogen and oxygen atoms in total. The molecule has 0 aliphatic carbocycles. The van der Waals surface area contributed by atoms with Gasteiger partial charge in [-0.05, 0) is 105 Å². The third-order valence-corrected chi connectivity index (χ3v) is 8.71. The molecule has 0 saturated carbocycles. The van der Waals surface area contributed by atoms with Crippen LogP contribution in [0.4, 0.5) is 14.5 Å². The summed E-state index contributed by atoms with van der Waals surface area (Å²) in [6.07, 6.45) is 1.98. The Kier molecular flexibility index (Phi) is 13.7. The third kappa shape index (κ3) is 10.6. The van der Waals surface area contributed by atoms with Gasteiger partial charge in [-0.3, -0.25) is 14.4 Å². The van der Waals surface area contributed by atoms with Crippen molar-refractivity contribution in [1.82, 2.24) is 15.1 Å². The molecule has 264 valence electrons. The number of hydrogen-bond acceptors (Lipinski definition) is 6. The van der Waals surface area contributed by atoms with Crippen LogP contribution in [0, 0.1) is 24.5 Å². The molecule has 0 radical (unpaired) electrons. The number of nitrogens with zero attached hydrogens (tertiary/aromatic N) is 2. The van der Waals surface area contributed by atoms with E-state index in [4.69, 9.17) is 0 Å². The third-order valence-electron chi connectivity index (χ3n) is 8.71. The molecule has 3 amide bonds. The molecule has 49 heavy (non-hydrogen) atoms. The van der Waals surface area contributed by atoms with E-state index in [2.05, 4.69) is 10.6 Å². The van der Waals surface area contributed by atoms with Gasteiger partial charge in [0.05, 0.1) is 12.1 Å². The zero-order valence-corrected chi connectivity index (χ0v) is 28.6. The van der Waals surface area contributed by atoms with Crippen LogP contribution in [-0.4, -0.2) is 89.2 Å². The van der Waals surface area contributed by atoms with E-state index in [1.165, 1.54) is 6.07 Å². The van der Waals surface area contributed by atoms with Gasteiger partial charge in [0, 0.05) is 67.8 Å². The largest absolute Gasteiger partial charge is 0.396 e. The second kappa shape index (κ2) is 17.9. The highest BCUT2D eigenvalue weighted by Crippen LogP contribution is 2.21. The van der Waals surface area contributed by atoms with Gasteiger partial charge in [0.15, 0.2) is 0 Å². The fraction of sp³-hybridized carbons (Fsp3) is 0.447. The van der Waals surface area contributed by atoms with Crippen molar-refractivity contribution in [3.8, 4) is 0 Å². The molecule has 3 aromatic rings. The minimum Gasteiger partial charge on any atom is -0.396 e. The molecule has 1 aliphatic rings. The van der Waals surface area contributed by atoms with Gasteiger partial charge in [-0.25, -0.2) is 8.78 Å². The minimum atomic E-state index is -1.22. The highest BCUT2D eigenvalue weighted by Gasteiger charge is 2.26. The molecule has 4 N–H and O–H groups in total. The normalized spacial score (nSPS) is 15.7. The molecule has 1 unspecified atom stereocenters. The number of aryl methyl sites for hydroxylation is 1. The number of carbonyl (C=O) groups excluding carboxylic acids is 3. The number of halogens is 2. The van der Waals surface area contributed by atoms with Crippen LogP contribution in [0.25, 0.3) is 0 Å². The van der Waals surface area contributed by atoms with Gasteiger partial charge in [0.25, 0.3) is 17.7 Å². The first-order valence-electron chi connectivity index (χ1n) is 17.1. The molecule has 3 aromatic carbocycles. The molecule has 0 spiro atoms. The highest BCUT2D eigenvalue weighted by molar-refractivity contribution is 6.00. The van der Waals surface area contributed by atoms with Gasteiger partial charge in [0.1, 0.15) is 11.6 Å². The van der Waals surface area contributed by atoms with Crippen molar-refractivity contribution in [2.24, 2.45) is 5.92 Å². The molecule has 1 fully saturated rings. The maximum absolute atomic E-state index is 14.1. The van der Waals surface area contributed by atoms with Crippen LogP contribution in [0.15, 0.2) is 60.7 Å². The Balaban J connectivity index is 1.52. The number of aliphatic hydroxyl groups is 2. The van der Waals surface area contributed by atoms with Crippen LogP contribution >= 0.6 is 0 Å². The van der Waals surface area contributed by atoms with Crippen molar-refractivity contribution in [3.63, 3.8) is 0 Å². The van der Waals surface area contributed by atoms with Gasteiger partial charge in [-0.1, -0.05) is 19.9 Å². The first kappa shape index (κ1) is 37.5. The van der Waals surface area contributed by atoms with Crippen molar-refractivity contribution in [2.45, 2.75) is 65.0 Å². The second-order valence-electron chi connectivity index (χ2n) is 12.9. The number of benzene rings is 3. The monoisotopic (exact) mass is 678 g/mol. The summed E-state index contributed by atoms with van der Waals surface area (Å²) in [4.78, 5) is 43.7. The number of carbonyl (C=O) groups is 3. The lowest BCUT2D eigenvalue weighted by molar-refractivity contribution is 0.0620. The van der Waals surface area contributed by atoms with Crippen LogP contribution < -0.4 is 10.6 Å². The summed E-state index contributed by atoms with van der Waals surface area (Å²) in [6.45, 7) is 8.03. The summed E-state index contributed by atoms with van der Waals surface area (Å²) in [6, 6.07) is 13.8. The van der Waals surface area contributed by atoms with Crippen LogP contribution in [-0.2, 0) is 6.42 Å². The Bertz CT molecular complexity index is 1580. The van der Waals surface area contributed by atoms with E-state index >= 15 is 0 Å². The summed E-state index contributed by atoms with van der Waals surface area (Å²) in [5.74, 6) is -2.38. The fourth-order valence-corrected chi connectivity index (χ4v) is 6.30. The van der Waals surface area contributed by atoms with Crippen molar-refractivity contribution in [2.75, 3.05) is 44.6 Å². The second-order valence-corrected chi connectivity index (χ2v) is 12.9. The maximum atomic E-state index is 14.1. The summed E-state index contributed by atoms with van der Waals surface area (Å²) in [5, 5.41) is 26.9. The number of nitrogens with one attached hydrogen (secondary N) is 2. The van der Waals surface area contributed by atoms with Crippen LogP contribution in [0.2, 0.25) is 0 Å². The number of hydrogen-bond donors (Lipinski definition) is 4. The van der Waals surface area contributed by atoms with E-state index in [9.17, 15) is 33.4 Å². The zero-order chi connectivity index (χ0) is 35.5. The van der Waals surface area contributed by atoms with E-state index < -0.39 is 29.7 Å². The lowest BCUT2D eigenvalue weighted by Crippen LogP contribution is -2.47. The molecule has 1 saturated heterocycles. The lowest BCUT2D eigenvalue weighted by Gasteiger charge is -2.32. The number of rotatable bonds is 15. The number of aliphatic hydroxyl groups excluding tert-OH is 2. The Morgan fingerprint density at radius 3 is 2.33 bits per heavy atom. The Hall–Kier alpha value is -4.35. The average Bonchev–Trinajstić information content (AvgIpc) is 3.09. The van der Waals surface area contributed by atoms with Crippen molar-refractivity contribution in [1.29, 1.82) is 0 Å². The van der Waals surface area contributed by atoms with Crippen molar-refractivity contribution < 1.29 is 33.4 Å². The Labute approximate surface area is 287 Å². The van der Waals surface area contributed by atoms with E-state index in [1.54, 1.807) is 53.1 Å². The van der Waals surface area contributed by atoms with Crippen LogP contribution in [0.3, 0.4) is 0 Å². The van der Waals surface area contributed by atoms with E-state index in [-0.39, 0.29) is 48.4 Å². The highest BCUT2D eigenvalue weighted by atomic mass is 19.1. The molecule has 1 heterocycles. The van der Waals surface area contributed by atoms with Gasteiger partial charge in [-0.15, -0.1) is 0 Å². The first-order chi connectivity index (χ1) is 23.5. The summed E-state index contributed by atoms with van der Waals surface area (Å²) < 4.78 is 28.2. The number of piperidine rings is 1. The Morgan fingerprint density at radius 2 is 1.65 bits per heavy atom. The smallest absolute Gasteiger partial charge is 0.253 e. The van der Waals surface area contributed by atoms with Crippen LogP contribution in [0.5, 0.6) is 0 Å². The fourth-order valence-electron chi connectivity index (χ4n) is 6.30. The molecular formula is C38H48F2N4O5. The van der Waals surface area contributed by atoms with Gasteiger partial charge < -0.3 is 30.6 Å². The molecule has 0 aromatic heterocycles. The quantitative estimate of drug-likeness (QED) is 0.176. The average molecular weight is 679 g/mol. The standard InChI is InChI=1S/C38H48F2N4O5/c1-4-11-43(12-5-2)38(49)30-15-25(3)14-29(19-30)36(47)42-34(18-27-16-31(39)21-32(40)17-27)35(46)22-41-33-10-6-9-28(20-33)37(48)44-13-7-8-26(23-44)24-45/h6,9-10,14-17,19-21,26,34-35,41,45-46H,4-5,7-8,11-13,18,22-24H2,1-3H3,(H,42,47)/t26?,34-,35+/m0/s1. The molecule has 0 bridgehead atoms. The van der Waals surface area contributed by atoms with E-state index in [1.807, 2.05) is 13.8 Å². The van der Waals surface area contributed by atoms with Crippen molar-refractivity contribution in [3.05, 3.63) is 100 Å². The van der Waals surface area contributed by atoms with E-state index in [0.717, 1.165) is 43.9 Å². The Morgan fingerprint density at radius 1 is 0.959 bits per heavy atom. The van der Waals surface area contributed by atoms with Gasteiger partial charge >= 0.3 is 0 Å². The van der Waals surface area contributed by atoms with Crippen LogP contribution in [0.1, 0.15) is 81.7 Å². The SMILES string of the molecule is CCCN(CCC)C(=O)c1cc(C)cc(C(=O)N[C@@H](Cc2cc(F)cc(F)c2)[C@H](O)CNc2cccc(C(=O)N3CCCC(CO)C3)c2)c1. The first-order valence-corrected chi connectivity index (χ1v) is 17.1. The van der Waals surface area contributed by atoms with E-state index in [0.29, 0.717) is 48.6 Å². The topological polar surface area (TPSA) is 122 Å². The maximum Gasteiger partial charge on any atom is 0.253 e. The minimum absolute atomic E-state index is 0.0307. The van der Waals surface area contributed by atoms with Gasteiger partial charge in [-0.2, -0.15) is 0 Å². The van der Waals surface area contributed by atoms with Crippen molar-refractivity contribution >= 4 is 23.4 Å². The molecule has 4 rings (SSSR count).